The highest BCUT2D eigenvalue weighted by Crippen LogP contribution is 2.25. The molecule has 1 atom stereocenters. The van der Waals surface area contributed by atoms with Crippen molar-refractivity contribution in [1.29, 1.82) is 0 Å². The molecule has 0 radical (unpaired) electrons. The van der Waals surface area contributed by atoms with Crippen molar-refractivity contribution in [1.82, 2.24) is 5.32 Å². The Hall–Kier alpha value is -1.22. The number of aldehydes is 1. The van der Waals surface area contributed by atoms with Gasteiger partial charge in [0.25, 0.3) is 0 Å². The van der Waals surface area contributed by atoms with E-state index < -0.39 is 0 Å². The van der Waals surface area contributed by atoms with Crippen molar-refractivity contribution >= 4 is 23.7 Å². The van der Waals surface area contributed by atoms with Crippen LogP contribution in [0.2, 0.25) is 0 Å². The smallest absolute Gasteiger partial charge is 0.152 e. The van der Waals surface area contributed by atoms with Gasteiger partial charge in [-0.05, 0) is 11.0 Å². The van der Waals surface area contributed by atoms with Crippen molar-refractivity contribution in [3.63, 3.8) is 0 Å². The molecule has 1 aromatic rings. The molecule has 1 aliphatic heterocycles. The molecule has 0 amide bonds. The van der Waals surface area contributed by atoms with Crippen LogP contribution >= 0.6 is 11.8 Å². The highest BCUT2D eigenvalue weighted by atomic mass is 32.2. The summed E-state index contributed by atoms with van der Waals surface area (Å²) in [7, 11) is 0. The van der Waals surface area contributed by atoms with Crippen LogP contribution in [0.3, 0.4) is 0 Å². The quantitative estimate of drug-likeness (QED) is 0.723. The molecule has 0 aromatic heterocycles. The van der Waals surface area contributed by atoms with Gasteiger partial charge in [-0.25, -0.2) is 0 Å². The van der Waals surface area contributed by atoms with E-state index in [-0.39, 0.29) is 5.37 Å². The van der Waals surface area contributed by atoms with Crippen molar-refractivity contribution in [3.05, 3.63) is 41.3 Å². The van der Waals surface area contributed by atoms with E-state index in [0.717, 1.165) is 17.5 Å². The van der Waals surface area contributed by atoms with Gasteiger partial charge in [0, 0.05) is 5.70 Å². The fourth-order valence-corrected chi connectivity index (χ4v) is 1.94. The van der Waals surface area contributed by atoms with E-state index in [2.05, 4.69) is 5.32 Å². The van der Waals surface area contributed by atoms with E-state index in [4.69, 9.17) is 0 Å². The molecule has 2 nitrogen and oxygen atoms in total. The molecule has 66 valence electrons. The van der Waals surface area contributed by atoms with Crippen LogP contribution in [0.25, 0.3) is 5.70 Å². The van der Waals surface area contributed by atoms with Crippen LogP contribution in [-0.4, -0.2) is 11.7 Å². The van der Waals surface area contributed by atoms with E-state index in [1.807, 2.05) is 35.7 Å². The Kier molecular flexibility index (Phi) is 2.36. The normalized spacial score (nSPS) is 20.6. The summed E-state index contributed by atoms with van der Waals surface area (Å²) >= 11 is 1.50. The first-order chi connectivity index (χ1) is 6.40. The predicted octanol–water partition coefficient (Wildman–Crippen LogP) is 1.85. The number of thioether (sulfide) groups is 1. The lowest BCUT2D eigenvalue weighted by Gasteiger charge is -2.05. The van der Waals surface area contributed by atoms with Crippen LogP contribution in [0.5, 0.6) is 0 Å². The number of nitrogens with one attached hydrogen (secondary N) is 1. The summed E-state index contributed by atoms with van der Waals surface area (Å²) in [5.74, 6) is 0. The summed E-state index contributed by atoms with van der Waals surface area (Å²) in [6.45, 7) is 0. The minimum Gasteiger partial charge on any atom is -0.366 e. The third-order valence-corrected chi connectivity index (χ3v) is 2.73. The molecule has 1 heterocycles. The summed E-state index contributed by atoms with van der Waals surface area (Å²) < 4.78 is 0. The maximum Gasteiger partial charge on any atom is 0.152 e. The van der Waals surface area contributed by atoms with Crippen LogP contribution in [0, 0.1) is 0 Å². The average molecular weight is 191 g/mol. The lowest BCUT2D eigenvalue weighted by atomic mass is 10.2. The molecule has 0 fully saturated rings. The molecule has 0 saturated heterocycles. The zero-order valence-corrected chi connectivity index (χ0v) is 7.75. The van der Waals surface area contributed by atoms with Crippen molar-refractivity contribution in [2.24, 2.45) is 0 Å². The van der Waals surface area contributed by atoms with Crippen LogP contribution in [0.15, 0.2) is 35.7 Å². The molecule has 0 spiro atoms. The Labute approximate surface area is 81.0 Å². The van der Waals surface area contributed by atoms with Crippen molar-refractivity contribution < 1.29 is 4.79 Å². The highest BCUT2D eigenvalue weighted by Gasteiger charge is 2.15. The Morgan fingerprint density at radius 1 is 1.31 bits per heavy atom. The second kappa shape index (κ2) is 3.66. The van der Waals surface area contributed by atoms with Crippen LogP contribution in [0.4, 0.5) is 0 Å². The van der Waals surface area contributed by atoms with Gasteiger partial charge < -0.3 is 10.1 Å². The number of rotatable bonds is 2. The monoisotopic (exact) mass is 191 g/mol. The standard InChI is InChI=1S/C10H9NOS/c12-6-10-11-9(7-13-10)8-4-2-1-3-5-8/h1-7,10-11H. The molecular weight excluding hydrogens is 182 g/mol. The van der Waals surface area contributed by atoms with Crippen molar-refractivity contribution in [2.45, 2.75) is 5.37 Å². The molecule has 1 unspecified atom stereocenters. The zero-order valence-electron chi connectivity index (χ0n) is 6.94. The fraction of sp³-hybridized carbons (Fsp3) is 0.100. The summed E-state index contributed by atoms with van der Waals surface area (Å²) in [5.41, 5.74) is 2.15. The van der Waals surface area contributed by atoms with Gasteiger partial charge in [0.05, 0.1) is 0 Å². The maximum atomic E-state index is 10.5. The molecule has 3 heteroatoms. The van der Waals surface area contributed by atoms with E-state index >= 15 is 0 Å². The Morgan fingerprint density at radius 3 is 2.69 bits per heavy atom. The van der Waals surface area contributed by atoms with Gasteiger partial charge in [-0.3, -0.25) is 0 Å². The summed E-state index contributed by atoms with van der Waals surface area (Å²) in [6.07, 6.45) is 0.914. The first kappa shape index (κ1) is 8.38. The number of benzene rings is 1. The lowest BCUT2D eigenvalue weighted by Crippen LogP contribution is -2.20. The van der Waals surface area contributed by atoms with E-state index in [1.54, 1.807) is 0 Å². The third-order valence-electron chi connectivity index (χ3n) is 1.84. The van der Waals surface area contributed by atoms with Gasteiger partial charge in [0.2, 0.25) is 0 Å². The fourth-order valence-electron chi connectivity index (χ4n) is 1.20. The van der Waals surface area contributed by atoms with Gasteiger partial charge in [-0.15, -0.1) is 0 Å². The van der Waals surface area contributed by atoms with Gasteiger partial charge in [0.1, 0.15) is 5.37 Å². The first-order valence-corrected chi connectivity index (χ1v) is 4.97. The summed E-state index contributed by atoms with van der Waals surface area (Å²) in [5, 5.41) is 4.98. The summed E-state index contributed by atoms with van der Waals surface area (Å²) in [4.78, 5) is 10.5. The molecule has 2 rings (SSSR count). The average Bonchev–Trinajstić information content (AvgIpc) is 2.67. The number of hydrogen-bond donors (Lipinski definition) is 1. The van der Waals surface area contributed by atoms with Gasteiger partial charge in [-0.1, -0.05) is 42.1 Å². The van der Waals surface area contributed by atoms with Crippen LogP contribution in [0.1, 0.15) is 5.56 Å². The molecule has 13 heavy (non-hydrogen) atoms. The molecule has 1 aromatic carbocycles. The molecule has 1 aliphatic rings. The third kappa shape index (κ3) is 1.75. The van der Waals surface area contributed by atoms with Gasteiger partial charge >= 0.3 is 0 Å². The Bertz CT molecular complexity index is 334. The molecule has 0 aliphatic carbocycles. The minimum absolute atomic E-state index is 0.116. The van der Waals surface area contributed by atoms with Gasteiger partial charge in [0.15, 0.2) is 6.29 Å². The van der Waals surface area contributed by atoms with Crippen molar-refractivity contribution in [3.8, 4) is 0 Å². The largest absolute Gasteiger partial charge is 0.366 e. The van der Waals surface area contributed by atoms with Gasteiger partial charge in [-0.2, -0.15) is 0 Å². The van der Waals surface area contributed by atoms with E-state index in [1.165, 1.54) is 11.8 Å². The number of carbonyl (C=O) groups is 1. The first-order valence-electron chi connectivity index (χ1n) is 4.03. The topological polar surface area (TPSA) is 29.1 Å². The molecule has 0 saturated carbocycles. The second-order valence-electron chi connectivity index (χ2n) is 2.73. The van der Waals surface area contributed by atoms with Crippen LogP contribution in [-0.2, 0) is 4.79 Å². The van der Waals surface area contributed by atoms with Crippen LogP contribution < -0.4 is 5.32 Å². The molecular formula is C10H9NOS. The highest BCUT2D eigenvalue weighted by molar-refractivity contribution is 8.03. The van der Waals surface area contributed by atoms with E-state index in [9.17, 15) is 4.79 Å². The summed E-state index contributed by atoms with van der Waals surface area (Å²) in [6, 6.07) is 9.98. The number of hydrogen-bond acceptors (Lipinski definition) is 3. The lowest BCUT2D eigenvalue weighted by molar-refractivity contribution is -0.107. The predicted molar refractivity (Wildman–Crippen MR) is 55.0 cm³/mol. The zero-order chi connectivity index (χ0) is 9.10. The number of carbonyl (C=O) groups excluding carboxylic acids is 1. The Morgan fingerprint density at radius 2 is 2.08 bits per heavy atom. The molecule has 0 bridgehead atoms. The SMILES string of the molecule is O=CC1NC(c2ccccc2)=CS1. The Balaban J connectivity index is 2.17. The second-order valence-corrected chi connectivity index (χ2v) is 3.75. The maximum absolute atomic E-state index is 10.5. The van der Waals surface area contributed by atoms with Crippen molar-refractivity contribution in [2.75, 3.05) is 0 Å². The van der Waals surface area contributed by atoms with E-state index in [0.29, 0.717) is 0 Å². The minimum atomic E-state index is -0.116. The molecule has 1 N–H and O–H groups in total.